The summed E-state index contributed by atoms with van der Waals surface area (Å²) in [6.45, 7) is 4.98. The molecule has 1 unspecified atom stereocenters. The molecule has 0 aliphatic carbocycles. The molecule has 110 valence electrons. The zero-order chi connectivity index (χ0) is 14.5. The van der Waals surface area contributed by atoms with Gasteiger partial charge in [0.05, 0.1) is 4.92 Å². The van der Waals surface area contributed by atoms with E-state index in [9.17, 15) is 10.1 Å². The normalized spacial score (nSPS) is 17.6. The van der Waals surface area contributed by atoms with Crippen LogP contribution in [0.1, 0.15) is 26.2 Å². The molecule has 0 saturated carbocycles. The van der Waals surface area contributed by atoms with Gasteiger partial charge in [0, 0.05) is 12.6 Å². The molecular weight excluding hydrogens is 260 g/mol. The topological polar surface area (TPSA) is 110 Å². The Hall–Kier alpha value is -1.96. The number of hydrogen-bond acceptors (Lipinski definition) is 7. The third-order valence-electron chi connectivity index (χ3n) is 3.35. The van der Waals surface area contributed by atoms with Crippen LogP contribution in [0, 0.1) is 10.1 Å². The van der Waals surface area contributed by atoms with Gasteiger partial charge in [-0.25, -0.2) is 4.98 Å². The van der Waals surface area contributed by atoms with Crippen molar-refractivity contribution in [3.05, 3.63) is 16.3 Å². The Bertz CT molecular complexity index is 475. The van der Waals surface area contributed by atoms with Crippen LogP contribution in [0.25, 0.3) is 0 Å². The van der Waals surface area contributed by atoms with Crippen molar-refractivity contribution < 1.29 is 4.92 Å². The van der Waals surface area contributed by atoms with Crippen LogP contribution < -0.4 is 11.1 Å². The second kappa shape index (κ2) is 6.47. The Morgan fingerprint density at radius 1 is 1.50 bits per heavy atom. The monoisotopic (exact) mass is 280 g/mol. The lowest BCUT2D eigenvalue weighted by Gasteiger charge is -2.29. The molecule has 2 rings (SSSR count). The van der Waals surface area contributed by atoms with Crippen LogP contribution in [0.3, 0.4) is 0 Å². The number of anilines is 2. The Balaban J connectivity index is 2.00. The summed E-state index contributed by atoms with van der Waals surface area (Å²) in [4.78, 5) is 20.4. The number of aromatic nitrogens is 2. The minimum absolute atomic E-state index is 0.0308. The van der Waals surface area contributed by atoms with E-state index in [0.29, 0.717) is 0 Å². The fourth-order valence-electron chi connectivity index (χ4n) is 2.44. The van der Waals surface area contributed by atoms with Crippen molar-refractivity contribution in [2.75, 3.05) is 30.7 Å². The van der Waals surface area contributed by atoms with Crippen molar-refractivity contribution in [3.63, 3.8) is 0 Å². The molecule has 2 heterocycles. The molecule has 1 aromatic rings. The molecule has 0 bridgehead atoms. The number of nitrogens with zero attached hydrogens (tertiary/aromatic N) is 4. The van der Waals surface area contributed by atoms with Gasteiger partial charge in [0.25, 0.3) is 0 Å². The minimum Gasteiger partial charge on any atom is -0.368 e. The highest BCUT2D eigenvalue weighted by molar-refractivity contribution is 5.56. The predicted molar refractivity (Wildman–Crippen MR) is 76.5 cm³/mol. The Morgan fingerprint density at radius 2 is 2.20 bits per heavy atom. The van der Waals surface area contributed by atoms with Gasteiger partial charge in [-0.3, -0.25) is 10.1 Å². The van der Waals surface area contributed by atoms with Gasteiger partial charge in [0.1, 0.15) is 6.20 Å². The third-order valence-corrected chi connectivity index (χ3v) is 3.35. The highest BCUT2D eigenvalue weighted by atomic mass is 16.6. The second-order valence-electron chi connectivity index (χ2n) is 5.13. The third kappa shape index (κ3) is 3.77. The van der Waals surface area contributed by atoms with Crippen LogP contribution in [0.2, 0.25) is 0 Å². The molecule has 0 aromatic carbocycles. The Kier molecular flexibility index (Phi) is 4.67. The second-order valence-corrected chi connectivity index (χ2v) is 5.13. The number of piperidine rings is 1. The molecule has 0 amide bonds. The predicted octanol–water partition coefficient (Wildman–Crippen LogP) is 1.25. The number of nitro groups is 1. The van der Waals surface area contributed by atoms with Gasteiger partial charge in [0.15, 0.2) is 0 Å². The van der Waals surface area contributed by atoms with E-state index in [1.54, 1.807) is 0 Å². The summed E-state index contributed by atoms with van der Waals surface area (Å²) in [6.07, 6.45) is 4.85. The van der Waals surface area contributed by atoms with E-state index in [0.717, 1.165) is 25.8 Å². The fraction of sp³-hybridized carbons (Fsp3) is 0.667. The van der Waals surface area contributed by atoms with E-state index in [-0.39, 0.29) is 23.5 Å². The van der Waals surface area contributed by atoms with Gasteiger partial charge >= 0.3 is 5.69 Å². The standard InChI is InChI=1S/C12H20N6O2/c1-9(8-17-5-3-2-4-6-17)15-11-10(18(19)20)7-14-12(13)16-11/h7,9H,2-6,8H2,1H3,(H3,13,14,15,16). The first kappa shape index (κ1) is 14.4. The summed E-state index contributed by atoms with van der Waals surface area (Å²) in [5.74, 6) is 0.218. The van der Waals surface area contributed by atoms with E-state index >= 15 is 0 Å². The highest BCUT2D eigenvalue weighted by Crippen LogP contribution is 2.22. The summed E-state index contributed by atoms with van der Waals surface area (Å²) in [6, 6.07) is 0.0566. The number of nitrogens with one attached hydrogen (secondary N) is 1. The van der Waals surface area contributed by atoms with Crippen molar-refractivity contribution in [3.8, 4) is 0 Å². The average Bonchev–Trinajstić information content (AvgIpc) is 2.39. The number of rotatable bonds is 5. The zero-order valence-electron chi connectivity index (χ0n) is 11.6. The Morgan fingerprint density at radius 3 is 2.85 bits per heavy atom. The molecule has 1 atom stereocenters. The van der Waals surface area contributed by atoms with Gasteiger partial charge < -0.3 is 16.0 Å². The van der Waals surface area contributed by atoms with Crippen LogP contribution in [0.4, 0.5) is 17.5 Å². The zero-order valence-corrected chi connectivity index (χ0v) is 11.6. The van der Waals surface area contributed by atoms with Gasteiger partial charge in [-0.15, -0.1) is 0 Å². The van der Waals surface area contributed by atoms with Crippen LogP contribution in [0.5, 0.6) is 0 Å². The molecule has 20 heavy (non-hydrogen) atoms. The molecule has 3 N–H and O–H groups in total. The maximum Gasteiger partial charge on any atom is 0.329 e. The van der Waals surface area contributed by atoms with Crippen molar-refractivity contribution >= 4 is 17.5 Å². The van der Waals surface area contributed by atoms with Gasteiger partial charge in [0.2, 0.25) is 11.8 Å². The molecular formula is C12H20N6O2. The van der Waals surface area contributed by atoms with Gasteiger partial charge in [-0.2, -0.15) is 4.98 Å². The van der Waals surface area contributed by atoms with Gasteiger partial charge in [-0.1, -0.05) is 6.42 Å². The van der Waals surface area contributed by atoms with Crippen molar-refractivity contribution in [1.82, 2.24) is 14.9 Å². The lowest BCUT2D eigenvalue weighted by molar-refractivity contribution is -0.384. The number of nitrogen functional groups attached to an aromatic ring is 1. The lowest BCUT2D eigenvalue weighted by atomic mass is 10.1. The largest absolute Gasteiger partial charge is 0.368 e. The molecule has 0 spiro atoms. The van der Waals surface area contributed by atoms with Crippen LogP contribution in [-0.2, 0) is 0 Å². The number of likely N-dealkylation sites (tertiary alicyclic amines) is 1. The first-order valence-electron chi connectivity index (χ1n) is 6.82. The number of hydrogen-bond donors (Lipinski definition) is 2. The molecule has 0 radical (unpaired) electrons. The first-order valence-corrected chi connectivity index (χ1v) is 6.82. The van der Waals surface area contributed by atoms with E-state index in [1.807, 2.05) is 6.92 Å². The van der Waals surface area contributed by atoms with Crippen molar-refractivity contribution in [1.29, 1.82) is 0 Å². The van der Waals surface area contributed by atoms with E-state index in [2.05, 4.69) is 20.2 Å². The van der Waals surface area contributed by atoms with Gasteiger partial charge in [-0.05, 0) is 32.9 Å². The quantitative estimate of drug-likeness (QED) is 0.617. The smallest absolute Gasteiger partial charge is 0.329 e. The summed E-state index contributed by atoms with van der Waals surface area (Å²) < 4.78 is 0. The van der Waals surface area contributed by atoms with Crippen LogP contribution in [-0.4, -0.2) is 45.5 Å². The van der Waals surface area contributed by atoms with Crippen molar-refractivity contribution in [2.24, 2.45) is 0 Å². The van der Waals surface area contributed by atoms with E-state index < -0.39 is 4.92 Å². The summed E-state index contributed by atoms with van der Waals surface area (Å²) >= 11 is 0. The SMILES string of the molecule is CC(CN1CCCCC1)Nc1nc(N)ncc1[N+](=O)[O-]. The molecule has 1 fully saturated rings. The highest BCUT2D eigenvalue weighted by Gasteiger charge is 2.20. The molecule has 8 nitrogen and oxygen atoms in total. The van der Waals surface area contributed by atoms with E-state index in [1.165, 1.54) is 19.3 Å². The maximum absolute atomic E-state index is 10.9. The summed E-state index contributed by atoms with van der Waals surface area (Å²) in [7, 11) is 0. The Labute approximate surface area is 117 Å². The van der Waals surface area contributed by atoms with Crippen LogP contribution in [0.15, 0.2) is 6.20 Å². The van der Waals surface area contributed by atoms with E-state index in [4.69, 9.17) is 5.73 Å². The fourth-order valence-corrected chi connectivity index (χ4v) is 2.44. The maximum atomic E-state index is 10.9. The minimum atomic E-state index is -0.505. The molecule has 1 saturated heterocycles. The number of nitrogens with two attached hydrogens (primary N) is 1. The lowest BCUT2D eigenvalue weighted by Crippen LogP contribution is -2.38. The molecule has 1 aliphatic heterocycles. The van der Waals surface area contributed by atoms with Crippen molar-refractivity contribution in [2.45, 2.75) is 32.2 Å². The molecule has 8 heteroatoms. The first-order chi connectivity index (χ1) is 9.56. The molecule has 1 aliphatic rings. The summed E-state index contributed by atoms with van der Waals surface area (Å²) in [5, 5.41) is 14.0. The molecule has 1 aromatic heterocycles. The average molecular weight is 280 g/mol. The summed E-state index contributed by atoms with van der Waals surface area (Å²) in [5.41, 5.74) is 5.34. The van der Waals surface area contributed by atoms with Crippen LogP contribution >= 0.6 is 0 Å².